The van der Waals surface area contributed by atoms with E-state index >= 15 is 0 Å². The second-order valence-corrected chi connectivity index (χ2v) is 3.59. The molecule has 0 heterocycles. The molecule has 1 N–H and O–H groups in total. The smallest absolute Gasteiger partial charge is 0.371 e. The highest BCUT2D eigenvalue weighted by molar-refractivity contribution is 5.25. The summed E-state index contributed by atoms with van der Waals surface area (Å²) in [6.45, 7) is 0.723. The number of nitro groups is 1. The van der Waals surface area contributed by atoms with Crippen LogP contribution in [0.1, 0.15) is 12.5 Å². The van der Waals surface area contributed by atoms with Crippen LogP contribution in [0.4, 0.5) is 13.2 Å². The van der Waals surface area contributed by atoms with Gasteiger partial charge in [-0.05, 0) is 5.56 Å². The number of rotatable bonds is 3. The predicted molar refractivity (Wildman–Crippen MR) is 52.9 cm³/mol. The van der Waals surface area contributed by atoms with Gasteiger partial charge in [0.15, 0.2) is 0 Å². The summed E-state index contributed by atoms with van der Waals surface area (Å²) in [7, 11) is 0. The molecule has 0 fully saturated rings. The van der Waals surface area contributed by atoms with E-state index in [9.17, 15) is 28.4 Å². The van der Waals surface area contributed by atoms with Crippen molar-refractivity contribution in [1.82, 2.24) is 0 Å². The molecule has 0 radical (unpaired) electrons. The van der Waals surface area contributed by atoms with Crippen LogP contribution in [0, 0.1) is 10.1 Å². The Balaban J connectivity index is 3.36. The summed E-state index contributed by atoms with van der Waals surface area (Å²) in [5.41, 5.74) is -4.03. The molecular weight excluding hydrogens is 239 g/mol. The van der Waals surface area contributed by atoms with Gasteiger partial charge in [0.05, 0.1) is 0 Å². The zero-order valence-corrected chi connectivity index (χ0v) is 8.81. The minimum absolute atomic E-state index is 0.545. The Morgan fingerprint density at radius 1 is 1.29 bits per heavy atom. The zero-order valence-electron chi connectivity index (χ0n) is 8.81. The van der Waals surface area contributed by atoms with E-state index in [1.165, 1.54) is 18.2 Å². The Kier molecular flexibility index (Phi) is 3.42. The second kappa shape index (κ2) is 4.33. The fourth-order valence-electron chi connectivity index (χ4n) is 1.49. The fraction of sp³-hybridized carbons (Fsp3) is 0.400. The summed E-state index contributed by atoms with van der Waals surface area (Å²) in [6.07, 6.45) is -5.12. The molecular formula is C10H10F3NO3. The Bertz CT molecular complexity index is 407. The first-order valence-electron chi connectivity index (χ1n) is 4.69. The molecule has 17 heavy (non-hydrogen) atoms. The summed E-state index contributed by atoms with van der Waals surface area (Å²) in [5.74, 6) is 0. The summed E-state index contributed by atoms with van der Waals surface area (Å²) < 4.78 is 38.5. The van der Waals surface area contributed by atoms with Crippen LogP contribution >= 0.6 is 0 Å². The van der Waals surface area contributed by atoms with Crippen LogP contribution in [0.5, 0.6) is 0 Å². The van der Waals surface area contributed by atoms with E-state index in [-0.39, 0.29) is 0 Å². The fourth-order valence-corrected chi connectivity index (χ4v) is 1.49. The van der Waals surface area contributed by atoms with Gasteiger partial charge in [-0.25, -0.2) is 0 Å². The number of halogens is 3. The monoisotopic (exact) mass is 249 g/mol. The van der Waals surface area contributed by atoms with Crippen LogP contribution in [0.25, 0.3) is 0 Å². The molecule has 0 spiro atoms. The molecule has 0 aliphatic carbocycles. The van der Waals surface area contributed by atoms with Gasteiger partial charge in [0.2, 0.25) is 0 Å². The van der Waals surface area contributed by atoms with Crippen molar-refractivity contribution in [2.75, 3.05) is 0 Å². The molecule has 4 nitrogen and oxygen atoms in total. The van der Waals surface area contributed by atoms with Crippen molar-refractivity contribution in [1.29, 1.82) is 0 Å². The van der Waals surface area contributed by atoms with Gasteiger partial charge in [0, 0.05) is 11.8 Å². The number of alkyl halides is 3. The first kappa shape index (κ1) is 13.4. The third-order valence-electron chi connectivity index (χ3n) is 2.57. The number of benzene rings is 1. The molecule has 0 saturated heterocycles. The van der Waals surface area contributed by atoms with Gasteiger partial charge in [0.1, 0.15) is 0 Å². The van der Waals surface area contributed by atoms with Crippen molar-refractivity contribution < 1.29 is 23.2 Å². The normalized spacial score (nSPS) is 17.2. The SMILES string of the molecule is C[C@H]([N+](=O)[O-])[C@](O)(c1ccccc1)C(F)(F)F. The number of hydrogen-bond donors (Lipinski definition) is 1. The topological polar surface area (TPSA) is 63.4 Å². The third-order valence-corrected chi connectivity index (χ3v) is 2.57. The maximum absolute atomic E-state index is 12.8. The first-order chi connectivity index (χ1) is 7.71. The van der Waals surface area contributed by atoms with Gasteiger partial charge in [-0.15, -0.1) is 0 Å². The Hall–Kier alpha value is -1.63. The third kappa shape index (κ3) is 2.23. The molecule has 0 bridgehead atoms. The van der Waals surface area contributed by atoms with Crippen molar-refractivity contribution in [2.24, 2.45) is 0 Å². The largest absolute Gasteiger partial charge is 0.428 e. The van der Waals surface area contributed by atoms with Crippen molar-refractivity contribution in [3.63, 3.8) is 0 Å². The van der Waals surface area contributed by atoms with Gasteiger partial charge >= 0.3 is 6.18 Å². The Morgan fingerprint density at radius 3 is 2.12 bits per heavy atom. The van der Waals surface area contributed by atoms with E-state index in [4.69, 9.17) is 0 Å². The number of aliphatic hydroxyl groups is 1. The van der Waals surface area contributed by atoms with Crippen molar-refractivity contribution in [3.8, 4) is 0 Å². The van der Waals surface area contributed by atoms with E-state index in [1.807, 2.05) is 0 Å². The van der Waals surface area contributed by atoms with E-state index in [0.717, 1.165) is 19.1 Å². The predicted octanol–water partition coefficient (Wildman–Crippen LogP) is 2.10. The van der Waals surface area contributed by atoms with Gasteiger partial charge in [-0.3, -0.25) is 10.1 Å². The zero-order chi connectivity index (χ0) is 13.3. The number of nitrogens with zero attached hydrogens (tertiary/aromatic N) is 1. The van der Waals surface area contributed by atoms with Crippen LogP contribution < -0.4 is 0 Å². The standard InChI is InChI=1S/C10H10F3NO3/c1-7(14(16)17)9(15,10(11,12)13)8-5-3-2-4-6-8/h2-7,15H,1H3/t7-,9-/m0/s1. The lowest BCUT2D eigenvalue weighted by Crippen LogP contribution is -2.53. The lowest BCUT2D eigenvalue weighted by molar-refractivity contribution is -0.559. The molecule has 1 aromatic carbocycles. The van der Waals surface area contributed by atoms with Gasteiger partial charge in [-0.1, -0.05) is 30.3 Å². The van der Waals surface area contributed by atoms with Crippen LogP contribution in [-0.4, -0.2) is 22.2 Å². The van der Waals surface area contributed by atoms with E-state index in [2.05, 4.69) is 0 Å². The molecule has 0 saturated carbocycles. The van der Waals surface area contributed by atoms with E-state index in [0.29, 0.717) is 0 Å². The highest BCUT2D eigenvalue weighted by atomic mass is 19.4. The molecule has 1 aromatic rings. The van der Waals surface area contributed by atoms with Crippen LogP contribution in [-0.2, 0) is 5.60 Å². The molecule has 7 heteroatoms. The lowest BCUT2D eigenvalue weighted by atomic mass is 9.87. The molecule has 1 rings (SSSR count). The quantitative estimate of drug-likeness (QED) is 0.659. The molecule has 94 valence electrons. The summed E-state index contributed by atoms with van der Waals surface area (Å²) in [6, 6.07) is 3.83. The van der Waals surface area contributed by atoms with Crippen molar-refractivity contribution in [2.45, 2.75) is 24.7 Å². The molecule has 2 atom stereocenters. The lowest BCUT2D eigenvalue weighted by Gasteiger charge is -2.31. The van der Waals surface area contributed by atoms with Crippen LogP contribution in [0.15, 0.2) is 30.3 Å². The Labute approximate surface area is 94.8 Å². The van der Waals surface area contributed by atoms with E-state index in [1.54, 1.807) is 0 Å². The van der Waals surface area contributed by atoms with Gasteiger partial charge < -0.3 is 5.11 Å². The Morgan fingerprint density at radius 2 is 1.76 bits per heavy atom. The molecule has 0 unspecified atom stereocenters. The maximum Gasteiger partial charge on any atom is 0.428 e. The highest BCUT2D eigenvalue weighted by Gasteiger charge is 2.63. The minimum atomic E-state index is -5.12. The van der Waals surface area contributed by atoms with Crippen LogP contribution in [0.3, 0.4) is 0 Å². The molecule has 0 aliphatic rings. The van der Waals surface area contributed by atoms with Crippen LogP contribution in [0.2, 0.25) is 0 Å². The summed E-state index contributed by atoms with van der Waals surface area (Å²) in [5, 5.41) is 20.2. The highest BCUT2D eigenvalue weighted by Crippen LogP contribution is 2.42. The first-order valence-corrected chi connectivity index (χ1v) is 4.69. The summed E-state index contributed by atoms with van der Waals surface area (Å²) >= 11 is 0. The molecule has 0 aromatic heterocycles. The summed E-state index contributed by atoms with van der Waals surface area (Å²) in [4.78, 5) is 9.36. The number of hydrogen-bond acceptors (Lipinski definition) is 3. The van der Waals surface area contributed by atoms with E-state index < -0.39 is 28.3 Å². The molecule has 0 amide bonds. The molecule has 0 aliphatic heterocycles. The van der Waals surface area contributed by atoms with Gasteiger partial charge in [0.25, 0.3) is 11.6 Å². The van der Waals surface area contributed by atoms with Crippen molar-refractivity contribution >= 4 is 0 Å². The average molecular weight is 249 g/mol. The minimum Gasteiger partial charge on any atom is -0.371 e. The average Bonchev–Trinajstić information content (AvgIpc) is 2.26. The maximum atomic E-state index is 12.8. The van der Waals surface area contributed by atoms with Gasteiger partial charge in [-0.2, -0.15) is 13.2 Å². The second-order valence-electron chi connectivity index (χ2n) is 3.59. The van der Waals surface area contributed by atoms with Crippen molar-refractivity contribution in [3.05, 3.63) is 46.0 Å².